The average molecular weight is 282 g/mol. The number of nitrogens with one attached hydrogen (secondary N) is 1. The zero-order valence-electron chi connectivity index (χ0n) is 12.2. The van der Waals surface area contributed by atoms with Crippen LogP contribution in [0.5, 0.6) is 5.75 Å². The van der Waals surface area contributed by atoms with Crippen molar-refractivity contribution < 1.29 is 9.53 Å². The number of nitrogens with zero attached hydrogens (tertiary/aromatic N) is 1. The predicted octanol–water partition coefficient (Wildman–Crippen LogP) is 2.69. The molecule has 1 N–H and O–H groups in total. The van der Waals surface area contributed by atoms with Gasteiger partial charge in [-0.3, -0.25) is 4.79 Å². The number of hydrogen-bond donors (Lipinski definition) is 1. The van der Waals surface area contributed by atoms with Crippen molar-refractivity contribution in [3.8, 4) is 5.75 Å². The van der Waals surface area contributed by atoms with Crippen molar-refractivity contribution in [3.05, 3.63) is 54.1 Å². The Kier molecular flexibility index (Phi) is 3.52. The Balaban J connectivity index is 1.73. The average Bonchev–Trinajstić information content (AvgIpc) is 2.97. The minimum atomic E-state index is -0.200. The molecular weight excluding hydrogens is 264 g/mol. The van der Waals surface area contributed by atoms with E-state index in [1.165, 1.54) is 5.56 Å². The first-order chi connectivity index (χ1) is 10.2. The Morgan fingerprint density at radius 1 is 1.19 bits per heavy atom. The van der Waals surface area contributed by atoms with Crippen molar-refractivity contribution in [1.82, 2.24) is 0 Å². The number of ether oxygens (including phenoxy) is 1. The molecule has 1 heterocycles. The summed E-state index contributed by atoms with van der Waals surface area (Å²) in [7, 11) is 3.43. The lowest BCUT2D eigenvalue weighted by atomic mass is 10.1. The van der Waals surface area contributed by atoms with Crippen LogP contribution in [0.3, 0.4) is 0 Å². The summed E-state index contributed by atoms with van der Waals surface area (Å²) in [5.41, 5.74) is 3.11. The maximum Gasteiger partial charge on any atom is 0.249 e. The van der Waals surface area contributed by atoms with Gasteiger partial charge in [0, 0.05) is 24.8 Å². The molecule has 0 aliphatic carbocycles. The molecular formula is C17H18N2O2. The van der Waals surface area contributed by atoms with E-state index in [0.29, 0.717) is 0 Å². The molecule has 0 fully saturated rings. The van der Waals surface area contributed by atoms with Crippen LogP contribution in [0, 0.1) is 0 Å². The van der Waals surface area contributed by atoms with E-state index in [-0.39, 0.29) is 11.9 Å². The van der Waals surface area contributed by atoms with Crippen LogP contribution in [0.15, 0.2) is 48.5 Å². The van der Waals surface area contributed by atoms with Crippen LogP contribution in [0.4, 0.5) is 11.4 Å². The van der Waals surface area contributed by atoms with E-state index in [9.17, 15) is 4.79 Å². The van der Waals surface area contributed by atoms with Crippen molar-refractivity contribution in [2.24, 2.45) is 0 Å². The molecule has 4 nitrogen and oxygen atoms in total. The van der Waals surface area contributed by atoms with Gasteiger partial charge in [0.2, 0.25) is 5.91 Å². The first-order valence-electron chi connectivity index (χ1n) is 6.95. The number of carbonyl (C=O) groups is 1. The van der Waals surface area contributed by atoms with Crippen molar-refractivity contribution in [2.75, 3.05) is 24.4 Å². The van der Waals surface area contributed by atoms with Crippen molar-refractivity contribution in [3.63, 3.8) is 0 Å². The molecule has 1 amide bonds. The highest BCUT2D eigenvalue weighted by molar-refractivity contribution is 5.99. The first-order valence-corrected chi connectivity index (χ1v) is 6.95. The van der Waals surface area contributed by atoms with Gasteiger partial charge in [0.05, 0.1) is 7.11 Å². The van der Waals surface area contributed by atoms with Crippen molar-refractivity contribution in [1.29, 1.82) is 0 Å². The van der Waals surface area contributed by atoms with Crippen LogP contribution in [0.2, 0.25) is 0 Å². The van der Waals surface area contributed by atoms with Crippen LogP contribution >= 0.6 is 0 Å². The fourth-order valence-electron chi connectivity index (χ4n) is 2.61. The van der Waals surface area contributed by atoms with E-state index in [0.717, 1.165) is 23.5 Å². The van der Waals surface area contributed by atoms with Gasteiger partial charge < -0.3 is 15.0 Å². The molecule has 0 saturated heterocycles. The van der Waals surface area contributed by atoms with Crippen molar-refractivity contribution >= 4 is 17.3 Å². The van der Waals surface area contributed by atoms with Crippen LogP contribution in [0.25, 0.3) is 0 Å². The first kappa shape index (κ1) is 13.5. The van der Waals surface area contributed by atoms with Crippen LogP contribution in [0.1, 0.15) is 5.56 Å². The number of amides is 1. The summed E-state index contributed by atoms with van der Waals surface area (Å²) in [5, 5.41) is 3.29. The van der Waals surface area contributed by atoms with E-state index >= 15 is 0 Å². The fourth-order valence-corrected chi connectivity index (χ4v) is 2.61. The van der Waals surface area contributed by atoms with Gasteiger partial charge in [-0.05, 0) is 35.9 Å². The van der Waals surface area contributed by atoms with Gasteiger partial charge in [0.15, 0.2) is 0 Å². The molecule has 108 valence electrons. The summed E-state index contributed by atoms with van der Waals surface area (Å²) in [4.78, 5) is 14.3. The number of fused-ring (bicyclic) bond motifs is 1. The minimum absolute atomic E-state index is 0.0661. The number of rotatable bonds is 3. The Morgan fingerprint density at radius 3 is 2.57 bits per heavy atom. The van der Waals surface area contributed by atoms with Crippen LogP contribution in [-0.4, -0.2) is 26.1 Å². The maximum atomic E-state index is 12.6. The van der Waals surface area contributed by atoms with Gasteiger partial charge in [0.1, 0.15) is 11.8 Å². The molecule has 0 bridgehead atoms. The Morgan fingerprint density at radius 2 is 1.90 bits per heavy atom. The topological polar surface area (TPSA) is 41.6 Å². The van der Waals surface area contributed by atoms with E-state index in [2.05, 4.69) is 11.4 Å². The Bertz CT molecular complexity index is 627. The van der Waals surface area contributed by atoms with Gasteiger partial charge in [-0.2, -0.15) is 0 Å². The summed E-state index contributed by atoms with van der Waals surface area (Å²) in [6, 6.07) is 15.3. The van der Waals surface area contributed by atoms with E-state index in [4.69, 9.17) is 4.74 Å². The zero-order chi connectivity index (χ0) is 14.8. The summed E-state index contributed by atoms with van der Waals surface area (Å²) in [6.45, 7) is 0. The molecule has 1 aliphatic rings. The minimum Gasteiger partial charge on any atom is -0.497 e. The third-order valence-electron chi connectivity index (χ3n) is 3.86. The van der Waals surface area contributed by atoms with Gasteiger partial charge in [-0.15, -0.1) is 0 Å². The third-order valence-corrected chi connectivity index (χ3v) is 3.86. The highest BCUT2D eigenvalue weighted by atomic mass is 16.5. The molecule has 1 aliphatic heterocycles. The lowest BCUT2D eigenvalue weighted by molar-refractivity contribution is -0.118. The largest absolute Gasteiger partial charge is 0.497 e. The second kappa shape index (κ2) is 5.48. The summed E-state index contributed by atoms with van der Waals surface area (Å²) in [6.07, 6.45) is 0.732. The Hall–Kier alpha value is -2.49. The molecule has 2 aromatic rings. The number of hydrogen-bond acceptors (Lipinski definition) is 3. The Labute approximate surface area is 124 Å². The standard InChI is InChI=1S/C17H18N2O2/c1-19(13-7-9-14(21-2)10-8-13)17(20)16-11-12-5-3-4-6-15(12)18-16/h3-10,16,18H,11H2,1-2H3/t16-/m0/s1. The summed E-state index contributed by atoms with van der Waals surface area (Å²) >= 11 is 0. The maximum absolute atomic E-state index is 12.6. The summed E-state index contributed by atoms with van der Waals surface area (Å²) in [5.74, 6) is 0.849. The highest BCUT2D eigenvalue weighted by Crippen LogP contribution is 2.27. The van der Waals surface area contributed by atoms with Gasteiger partial charge in [0.25, 0.3) is 0 Å². The molecule has 21 heavy (non-hydrogen) atoms. The normalized spacial score (nSPS) is 16.0. The van der Waals surface area contributed by atoms with E-state index in [1.54, 1.807) is 19.1 Å². The number of para-hydroxylation sites is 1. The number of likely N-dealkylation sites (N-methyl/N-ethyl adjacent to an activating group) is 1. The zero-order valence-corrected chi connectivity index (χ0v) is 12.2. The second-order valence-corrected chi connectivity index (χ2v) is 5.15. The molecule has 0 radical (unpaired) electrons. The van der Waals surface area contributed by atoms with Gasteiger partial charge >= 0.3 is 0 Å². The molecule has 0 unspecified atom stereocenters. The molecule has 1 atom stereocenters. The monoisotopic (exact) mass is 282 g/mol. The van der Waals surface area contributed by atoms with E-state index < -0.39 is 0 Å². The molecule has 0 saturated carbocycles. The third kappa shape index (κ3) is 2.57. The van der Waals surface area contributed by atoms with Gasteiger partial charge in [-0.25, -0.2) is 0 Å². The quantitative estimate of drug-likeness (QED) is 0.941. The summed E-state index contributed by atoms with van der Waals surface area (Å²) < 4.78 is 5.14. The van der Waals surface area contributed by atoms with E-state index in [1.807, 2.05) is 42.5 Å². The van der Waals surface area contributed by atoms with Crippen LogP contribution < -0.4 is 15.0 Å². The SMILES string of the molecule is COc1ccc(N(C)C(=O)[C@@H]2Cc3ccccc3N2)cc1. The van der Waals surface area contributed by atoms with Crippen molar-refractivity contribution in [2.45, 2.75) is 12.5 Å². The number of methoxy groups -OCH3 is 1. The highest BCUT2D eigenvalue weighted by Gasteiger charge is 2.29. The molecule has 4 heteroatoms. The lowest BCUT2D eigenvalue weighted by Crippen LogP contribution is -2.39. The molecule has 0 spiro atoms. The smallest absolute Gasteiger partial charge is 0.249 e. The molecule has 2 aromatic carbocycles. The lowest BCUT2D eigenvalue weighted by Gasteiger charge is -2.21. The molecule has 3 rings (SSSR count). The number of benzene rings is 2. The second-order valence-electron chi connectivity index (χ2n) is 5.15. The number of anilines is 2. The molecule has 0 aromatic heterocycles. The van der Waals surface area contributed by atoms with Crippen LogP contribution in [-0.2, 0) is 11.2 Å². The fraction of sp³-hybridized carbons (Fsp3) is 0.235. The van der Waals surface area contributed by atoms with Gasteiger partial charge in [-0.1, -0.05) is 18.2 Å². The number of carbonyl (C=O) groups excluding carboxylic acids is 1. The predicted molar refractivity (Wildman–Crippen MR) is 84.0 cm³/mol.